The normalized spacial score (nSPS) is 12.1. The van der Waals surface area contributed by atoms with Gasteiger partial charge in [-0.25, -0.2) is 9.97 Å². The molecule has 4 heteroatoms. The smallest absolute Gasteiger partial charge is 0.159 e. The van der Waals surface area contributed by atoms with E-state index >= 15 is 0 Å². The molecule has 0 spiro atoms. The lowest BCUT2D eigenvalue weighted by molar-refractivity contribution is 1.06. The average molecular weight is 733 g/mol. The van der Waals surface area contributed by atoms with Crippen molar-refractivity contribution < 1.29 is 0 Å². The number of aromatic nitrogens is 3. The molecule has 0 atom stereocenters. The Hall–Kier alpha value is -7.56. The molecule has 2 heterocycles. The van der Waals surface area contributed by atoms with Crippen LogP contribution in [0, 0.1) is 0 Å². The highest BCUT2D eigenvalue weighted by molar-refractivity contribution is 5.92. The summed E-state index contributed by atoms with van der Waals surface area (Å²) in [5.74, 6) is 0.697. The van der Waals surface area contributed by atoms with Crippen LogP contribution in [0.2, 0.25) is 0 Å². The predicted molar refractivity (Wildman–Crippen MR) is 238 cm³/mol. The van der Waals surface area contributed by atoms with E-state index in [9.17, 15) is 0 Å². The van der Waals surface area contributed by atoms with Gasteiger partial charge in [-0.15, -0.1) is 0 Å². The Labute approximate surface area is 333 Å². The van der Waals surface area contributed by atoms with Gasteiger partial charge in [-0.05, 0) is 114 Å². The fraction of sp³-hybridized carbons (Fsp3) is 0.0189. The molecule has 4 nitrogen and oxygen atoms in total. The minimum atomic E-state index is 0.697. The molecule has 0 aliphatic heterocycles. The molecule has 9 aromatic rings. The Morgan fingerprint density at radius 1 is 0.526 bits per heavy atom. The Kier molecular flexibility index (Phi) is 9.66. The molecule has 0 aliphatic rings. The molecule has 0 saturated carbocycles. The molecule has 0 bridgehead atoms. The second-order valence-electron chi connectivity index (χ2n) is 14.0. The van der Waals surface area contributed by atoms with Crippen LogP contribution in [0.5, 0.6) is 0 Å². The van der Waals surface area contributed by atoms with Gasteiger partial charge in [0, 0.05) is 56.9 Å². The first-order chi connectivity index (χ1) is 28.1. The third kappa shape index (κ3) is 7.08. The van der Waals surface area contributed by atoms with Crippen molar-refractivity contribution in [3.8, 4) is 28.2 Å². The quantitative estimate of drug-likeness (QED) is 0.148. The summed E-state index contributed by atoms with van der Waals surface area (Å²) < 4.78 is 2.37. The van der Waals surface area contributed by atoms with E-state index < -0.39 is 0 Å². The van der Waals surface area contributed by atoms with Crippen LogP contribution in [0.3, 0.4) is 0 Å². The first kappa shape index (κ1) is 35.2. The molecule has 0 aliphatic carbocycles. The summed E-state index contributed by atoms with van der Waals surface area (Å²) in [4.78, 5) is 11.3. The zero-order valence-electron chi connectivity index (χ0n) is 31.7. The minimum Gasteiger partial charge on any atom is -0.310 e. The van der Waals surface area contributed by atoms with Crippen molar-refractivity contribution >= 4 is 45.7 Å². The third-order valence-corrected chi connectivity index (χ3v) is 10.4. The Balaban J connectivity index is 1.28. The van der Waals surface area contributed by atoms with E-state index in [1.807, 2.05) is 6.07 Å². The number of para-hydroxylation sites is 1. The molecule has 272 valence electrons. The molecular weight excluding hydrogens is 693 g/mol. The molecule has 2 aromatic heterocycles. The first-order valence-corrected chi connectivity index (χ1v) is 19.2. The topological polar surface area (TPSA) is 34.0 Å². The zero-order chi connectivity index (χ0) is 38.6. The van der Waals surface area contributed by atoms with Crippen molar-refractivity contribution in [1.29, 1.82) is 0 Å². The molecule has 0 unspecified atom stereocenters. The summed E-state index contributed by atoms with van der Waals surface area (Å²) in [6, 6.07) is 68.2. The highest BCUT2D eigenvalue weighted by Crippen LogP contribution is 2.38. The van der Waals surface area contributed by atoms with Crippen molar-refractivity contribution in [1.82, 2.24) is 14.5 Å². The van der Waals surface area contributed by atoms with Gasteiger partial charge in [-0.1, -0.05) is 128 Å². The van der Waals surface area contributed by atoms with E-state index in [1.54, 1.807) is 12.4 Å². The van der Waals surface area contributed by atoms with Crippen LogP contribution in [0.15, 0.2) is 213 Å². The maximum atomic E-state index is 4.85. The number of rotatable bonds is 9. The second-order valence-corrected chi connectivity index (χ2v) is 14.0. The van der Waals surface area contributed by atoms with Crippen LogP contribution in [0.4, 0.5) is 17.1 Å². The molecular formula is C53H40N4. The fourth-order valence-corrected chi connectivity index (χ4v) is 7.61. The first-order valence-electron chi connectivity index (χ1n) is 19.2. The number of nitrogens with zero attached hydrogens (tertiary/aromatic N) is 4. The van der Waals surface area contributed by atoms with Gasteiger partial charge in [-0.2, -0.15) is 0 Å². The molecule has 7 aromatic carbocycles. The minimum absolute atomic E-state index is 0.697. The largest absolute Gasteiger partial charge is 0.310 e. The highest BCUT2D eigenvalue weighted by atomic mass is 15.1. The lowest BCUT2D eigenvalue weighted by Gasteiger charge is -2.26. The molecule has 0 amide bonds. The summed E-state index contributed by atoms with van der Waals surface area (Å²) in [5.41, 5.74) is 13.1. The summed E-state index contributed by atoms with van der Waals surface area (Å²) in [6.07, 6.45) is 5.86. The van der Waals surface area contributed by atoms with Crippen molar-refractivity contribution in [3.05, 3.63) is 234 Å². The fourth-order valence-electron chi connectivity index (χ4n) is 7.61. The molecule has 57 heavy (non-hydrogen) atoms. The van der Waals surface area contributed by atoms with Gasteiger partial charge in [0.15, 0.2) is 5.82 Å². The van der Waals surface area contributed by atoms with Crippen LogP contribution in [-0.4, -0.2) is 14.5 Å². The lowest BCUT2D eigenvalue weighted by atomic mass is 9.99. The van der Waals surface area contributed by atoms with E-state index in [-0.39, 0.29) is 0 Å². The molecule has 0 N–H and O–H groups in total. The van der Waals surface area contributed by atoms with Gasteiger partial charge >= 0.3 is 0 Å². The van der Waals surface area contributed by atoms with E-state index in [2.05, 4.69) is 220 Å². The van der Waals surface area contributed by atoms with Gasteiger partial charge in [0.25, 0.3) is 0 Å². The summed E-state index contributed by atoms with van der Waals surface area (Å²) in [5, 5.41) is 3.09. The third-order valence-electron chi connectivity index (χ3n) is 10.4. The van der Waals surface area contributed by atoms with Gasteiger partial charge in [0.2, 0.25) is 0 Å². The van der Waals surface area contributed by atoms with Crippen LogP contribution in [-0.2, 0) is 0 Å². The van der Waals surface area contributed by atoms with Crippen LogP contribution in [0.1, 0.15) is 18.1 Å². The van der Waals surface area contributed by atoms with Gasteiger partial charge in [0.1, 0.15) is 0 Å². The van der Waals surface area contributed by atoms with Gasteiger partial charge in [-0.3, -0.25) is 0 Å². The SMILES string of the molecule is C=c1/c(=C(\C=C(/C)c2ccccc2)c2ccccc2)n(-c2ccccc2)c2ccc(N(c3ccc(-c4ccccc4)cc3)c3ccc(-c4ncccn4)cc3)cc12. The predicted octanol–water partition coefficient (Wildman–Crippen LogP) is 11.9. The van der Waals surface area contributed by atoms with Crippen molar-refractivity contribution in [2.24, 2.45) is 0 Å². The number of hydrogen-bond donors (Lipinski definition) is 0. The molecule has 0 saturated heterocycles. The van der Waals surface area contributed by atoms with E-state index in [0.29, 0.717) is 5.82 Å². The number of allylic oxidation sites excluding steroid dienone is 2. The van der Waals surface area contributed by atoms with Crippen LogP contribution >= 0.6 is 0 Å². The van der Waals surface area contributed by atoms with E-state index in [4.69, 9.17) is 6.58 Å². The molecule has 0 radical (unpaired) electrons. The maximum Gasteiger partial charge on any atom is 0.159 e. The van der Waals surface area contributed by atoms with Gasteiger partial charge in [0.05, 0.1) is 10.9 Å². The summed E-state index contributed by atoms with van der Waals surface area (Å²) >= 11 is 0. The Morgan fingerprint density at radius 3 is 1.65 bits per heavy atom. The Bertz CT molecular complexity index is 2840. The zero-order valence-corrected chi connectivity index (χ0v) is 31.7. The number of anilines is 3. The van der Waals surface area contributed by atoms with Crippen molar-refractivity contribution in [3.63, 3.8) is 0 Å². The van der Waals surface area contributed by atoms with Crippen molar-refractivity contribution in [2.45, 2.75) is 6.92 Å². The number of benzene rings is 7. The summed E-state index contributed by atoms with van der Waals surface area (Å²) in [6.45, 7) is 7.04. The second kappa shape index (κ2) is 15.7. The maximum absolute atomic E-state index is 4.85. The molecule has 0 fully saturated rings. The Morgan fingerprint density at radius 2 is 1.04 bits per heavy atom. The highest BCUT2D eigenvalue weighted by Gasteiger charge is 2.18. The number of hydrogen-bond acceptors (Lipinski definition) is 3. The van der Waals surface area contributed by atoms with Crippen molar-refractivity contribution in [2.75, 3.05) is 4.90 Å². The van der Waals surface area contributed by atoms with E-state index in [1.165, 1.54) is 22.3 Å². The standard InChI is InChI=1S/C53H40N4/c1-38(40-16-7-3-8-17-40)36-50(43-20-11-5-12-21-43)52-39(2)49-37-48(32-33-51(49)57(52)45-22-13-6-14-23-45)56(46-28-24-42(25-29-46)41-18-9-4-10-19-41)47-30-26-44(27-31-47)53-54-34-15-35-55-53/h3-37H,2H2,1H3/b38-36+,52-50-. The summed E-state index contributed by atoms with van der Waals surface area (Å²) in [7, 11) is 0. The van der Waals surface area contributed by atoms with Gasteiger partial charge < -0.3 is 9.47 Å². The van der Waals surface area contributed by atoms with E-state index in [0.717, 1.165) is 60.9 Å². The van der Waals surface area contributed by atoms with Crippen LogP contribution < -0.4 is 15.5 Å². The lowest BCUT2D eigenvalue weighted by Crippen LogP contribution is -2.30. The average Bonchev–Trinajstić information content (AvgIpc) is 3.58. The monoisotopic (exact) mass is 732 g/mol. The number of fused-ring (bicyclic) bond motifs is 1. The molecule has 9 rings (SSSR count). The van der Waals surface area contributed by atoms with Crippen LogP contribution in [0.25, 0.3) is 56.8 Å².